The SMILES string of the molecule is CCC(C)CC(C)NC(=O)c1cccc(F)c1NN. The smallest absolute Gasteiger partial charge is 0.253 e. The van der Waals surface area contributed by atoms with Crippen molar-refractivity contribution in [2.24, 2.45) is 11.8 Å². The molecule has 0 heterocycles. The standard InChI is InChI=1S/C14H22FN3O/c1-4-9(2)8-10(3)17-14(19)11-6-5-7-12(15)13(11)18-16/h5-7,9-10,18H,4,8,16H2,1-3H3,(H,17,19). The fourth-order valence-corrected chi connectivity index (χ4v) is 1.99. The van der Waals surface area contributed by atoms with Gasteiger partial charge in [-0.05, 0) is 31.4 Å². The number of anilines is 1. The fraction of sp³-hybridized carbons (Fsp3) is 0.500. The van der Waals surface area contributed by atoms with Crippen LogP contribution in [0.2, 0.25) is 0 Å². The van der Waals surface area contributed by atoms with Crippen LogP contribution in [0.25, 0.3) is 0 Å². The summed E-state index contributed by atoms with van der Waals surface area (Å²) >= 11 is 0. The van der Waals surface area contributed by atoms with Crippen LogP contribution in [0.4, 0.5) is 10.1 Å². The number of halogens is 1. The molecule has 0 aliphatic carbocycles. The fourth-order valence-electron chi connectivity index (χ4n) is 1.99. The molecule has 106 valence electrons. The molecule has 0 saturated heterocycles. The second-order valence-corrected chi connectivity index (χ2v) is 4.93. The van der Waals surface area contributed by atoms with E-state index in [1.807, 2.05) is 6.92 Å². The maximum atomic E-state index is 13.5. The van der Waals surface area contributed by atoms with Crippen molar-refractivity contribution in [2.75, 3.05) is 5.43 Å². The van der Waals surface area contributed by atoms with Gasteiger partial charge in [0.2, 0.25) is 0 Å². The van der Waals surface area contributed by atoms with Gasteiger partial charge in [0.05, 0.1) is 11.3 Å². The molecule has 4 N–H and O–H groups in total. The van der Waals surface area contributed by atoms with E-state index >= 15 is 0 Å². The van der Waals surface area contributed by atoms with Crippen LogP contribution < -0.4 is 16.6 Å². The van der Waals surface area contributed by atoms with Crippen LogP contribution in [0, 0.1) is 11.7 Å². The highest BCUT2D eigenvalue weighted by Gasteiger charge is 2.17. The van der Waals surface area contributed by atoms with Crippen molar-refractivity contribution in [3.05, 3.63) is 29.6 Å². The summed E-state index contributed by atoms with van der Waals surface area (Å²) in [4.78, 5) is 12.1. The molecule has 1 aromatic rings. The Kier molecular flexibility index (Phi) is 5.76. The molecule has 0 radical (unpaired) electrons. The van der Waals surface area contributed by atoms with Gasteiger partial charge in [0.25, 0.3) is 5.91 Å². The highest BCUT2D eigenvalue weighted by molar-refractivity contribution is 5.99. The predicted octanol–water partition coefficient (Wildman–Crippen LogP) is 2.67. The lowest BCUT2D eigenvalue weighted by Gasteiger charge is -2.18. The summed E-state index contributed by atoms with van der Waals surface area (Å²) in [5, 5.41) is 2.86. The molecule has 5 heteroatoms. The molecule has 0 aliphatic rings. The van der Waals surface area contributed by atoms with Crippen LogP contribution in [0.5, 0.6) is 0 Å². The van der Waals surface area contributed by atoms with E-state index in [1.54, 1.807) is 6.07 Å². The van der Waals surface area contributed by atoms with Crippen molar-refractivity contribution in [2.45, 2.75) is 39.7 Å². The van der Waals surface area contributed by atoms with E-state index in [2.05, 4.69) is 24.6 Å². The van der Waals surface area contributed by atoms with E-state index in [0.717, 1.165) is 12.8 Å². The maximum Gasteiger partial charge on any atom is 0.253 e. The number of carbonyl (C=O) groups excluding carboxylic acids is 1. The second kappa shape index (κ2) is 7.09. The number of para-hydroxylation sites is 1. The minimum absolute atomic E-state index is 0.0238. The molecule has 0 fully saturated rings. The number of carbonyl (C=O) groups is 1. The molecule has 0 aromatic heterocycles. The number of hydrazine groups is 1. The van der Waals surface area contributed by atoms with Crippen LogP contribution >= 0.6 is 0 Å². The molecule has 1 rings (SSSR count). The molecule has 1 amide bonds. The number of hydrogen-bond donors (Lipinski definition) is 3. The summed E-state index contributed by atoms with van der Waals surface area (Å²) in [6.07, 6.45) is 1.96. The van der Waals surface area contributed by atoms with Crippen molar-refractivity contribution in [3.8, 4) is 0 Å². The first-order valence-electron chi connectivity index (χ1n) is 6.55. The summed E-state index contributed by atoms with van der Waals surface area (Å²) in [5.41, 5.74) is 2.48. The largest absolute Gasteiger partial charge is 0.350 e. The highest BCUT2D eigenvalue weighted by Crippen LogP contribution is 2.19. The zero-order chi connectivity index (χ0) is 14.4. The summed E-state index contributed by atoms with van der Waals surface area (Å²) in [6, 6.07) is 4.33. The Bertz CT molecular complexity index is 437. The van der Waals surface area contributed by atoms with Gasteiger partial charge in [0.1, 0.15) is 5.82 Å². The maximum absolute atomic E-state index is 13.5. The van der Waals surface area contributed by atoms with E-state index in [1.165, 1.54) is 12.1 Å². The molecule has 0 bridgehead atoms. The minimum Gasteiger partial charge on any atom is -0.350 e. The third-order valence-electron chi connectivity index (χ3n) is 3.23. The van der Waals surface area contributed by atoms with E-state index < -0.39 is 5.82 Å². The van der Waals surface area contributed by atoms with E-state index in [-0.39, 0.29) is 23.2 Å². The van der Waals surface area contributed by atoms with Gasteiger partial charge in [-0.15, -0.1) is 0 Å². The second-order valence-electron chi connectivity index (χ2n) is 4.93. The van der Waals surface area contributed by atoms with Gasteiger partial charge in [0, 0.05) is 6.04 Å². The number of amides is 1. The van der Waals surface area contributed by atoms with Crippen molar-refractivity contribution in [1.82, 2.24) is 5.32 Å². The molecule has 19 heavy (non-hydrogen) atoms. The van der Waals surface area contributed by atoms with Gasteiger partial charge in [-0.3, -0.25) is 10.6 Å². The molecule has 4 nitrogen and oxygen atoms in total. The normalized spacial score (nSPS) is 13.7. The number of nitrogen functional groups attached to an aromatic ring is 1. The summed E-state index contributed by atoms with van der Waals surface area (Å²) in [5.74, 6) is 4.94. The molecule has 0 spiro atoms. The van der Waals surface area contributed by atoms with E-state index in [0.29, 0.717) is 5.92 Å². The van der Waals surface area contributed by atoms with E-state index in [9.17, 15) is 9.18 Å². The first kappa shape index (κ1) is 15.4. The van der Waals surface area contributed by atoms with Crippen molar-refractivity contribution >= 4 is 11.6 Å². The molecule has 2 unspecified atom stereocenters. The number of rotatable bonds is 6. The third-order valence-corrected chi connectivity index (χ3v) is 3.23. The monoisotopic (exact) mass is 267 g/mol. The van der Waals surface area contributed by atoms with Crippen molar-refractivity contribution in [1.29, 1.82) is 0 Å². The van der Waals surface area contributed by atoms with Crippen molar-refractivity contribution in [3.63, 3.8) is 0 Å². The summed E-state index contributed by atoms with van der Waals surface area (Å²) in [7, 11) is 0. The number of hydrogen-bond acceptors (Lipinski definition) is 3. The summed E-state index contributed by atoms with van der Waals surface area (Å²) < 4.78 is 13.5. The molecule has 0 saturated carbocycles. The first-order chi connectivity index (χ1) is 8.99. The van der Waals surface area contributed by atoms with Crippen LogP contribution in [-0.2, 0) is 0 Å². The Labute approximate surface area is 113 Å². The lowest BCUT2D eigenvalue weighted by molar-refractivity contribution is 0.0936. The van der Waals surface area contributed by atoms with Crippen molar-refractivity contribution < 1.29 is 9.18 Å². The summed E-state index contributed by atoms with van der Waals surface area (Å²) in [6.45, 7) is 6.19. The molecule has 0 aliphatic heterocycles. The average molecular weight is 267 g/mol. The van der Waals surface area contributed by atoms with Crippen LogP contribution in [0.1, 0.15) is 44.0 Å². The van der Waals surface area contributed by atoms with Gasteiger partial charge in [-0.1, -0.05) is 26.3 Å². The zero-order valence-electron chi connectivity index (χ0n) is 11.7. The average Bonchev–Trinajstić information content (AvgIpc) is 2.37. The molecule has 2 atom stereocenters. The number of nitrogens with two attached hydrogens (primary N) is 1. The topological polar surface area (TPSA) is 67.2 Å². The number of nitrogens with one attached hydrogen (secondary N) is 2. The molecular weight excluding hydrogens is 245 g/mol. The van der Waals surface area contributed by atoms with Crippen LogP contribution in [-0.4, -0.2) is 11.9 Å². The van der Waals surface area contributed by atoms with Gasteiger partial charge in [-0.2, -0.15) is 0 Å². The van der Waals surface area contributed by atoms with Gasteiger partial charge < -0.3 is 10.7 Å². The van der Waals surface area contributed by atoms with Gasteiger partial charge in [-0.25, -0.2) is 4.39 Å². The predicted molar refractivity (Wildman–Crippen MR) is 75.2 cm³/mol. The van der Waals surface area contributed by atoms with E-state index in [4.69, 9.17) is 5.84 Å². The zero-order valence-corrected chi connectivity index (χ0v) is 11.7. The quantitative estimate of drug-likeness (QED) is 0.548. The Balaban J connectivity index is 2.76. The van der Waals surface area contributed by atoms with Crippen LogP contribution in [0.15, 0.2) is 18.2 Å². The van der Waals surface area contributed by atoms with Gasteiger partial charge in [0.15, 0.2) is 0 Å². The third kappa shape index (κ3) is 4.21. The molecular formula is C14H22FN3O. The Morgan fingerprint density at radius 2 is 2.11 bits per heavy atom. The lowest BCUT2D eigenvalue weighted by Crippen LogP contribution is -2.34. The Morgan fingerprint density at radius 3 is 2.68 bits per heavy atom. The van der Waals surface area contributed by atoms with Crippen LogP contribution in [0.3, 0.4) is 0 Å². The number of benzene rings is 1. The highest BCUT2D eigenvalue weighted by atomic mass is 19.1. The lowest BCUT2D eigenvalue weighted by atomic mass is 10.00. The Morgan fingerprint density at radius 1 is 1.42 bits per heavy atom. The molecule has 1 aromatic carbocycles. The Hall–Kier alpha value is -1.62. The first-order valence-corrected chi connectivity index (χ1v) is 6.55. The van der Waals surface area contributed by atoms with Gasteiger partial charge >= 0.3 is 0 Å². The minimum atomic E-state index is -0.537.